The molecule has 4 rings (SSSR count). The fourth-order valence-corrected chi connectivity index (χ4v) is 3.27. The summed E-state index contributed by atoms with van der Waals surface area (Å²) < 4.78 is 45.5. The number of alkyl halides is 3. The standard InChI is InChI=1S/C15H14F3N5O/c16-15(17,18)12-10(1-3-20-13(12)19)11-2-4-21-14(22-11)23-6-9-5-8(23)7-24-9/h1-4,8-9H,5-7H2,(H2,19,20)/t8-,9-/m0/s1. The Labute approximate surface area is 135 Å². The highest BCUT2D eigenvalue weighted by molar-refractivity contribution is 5.70. The van der Waals surface area contributed by atoms with Crippen molar-refractivity contribution in [2.75, 3.05) is 23.8 Å². The zero-order valence-corrected chi connectivity index (χ0v) is 12.5. The molecule has 126 valence electrons. The van der Waals surface area contributed by atoms with Crippen LogP contribution in [0.1, 0.15) is 12.0 Å². The fraction of sp³-hybridized carbons (Fsp3) is 0.400. The molecule has 6 nitrogen and oxygen atoms in total. The van der Waals surface area contributed by atoms with Crippen LogP contribution in [0.2, 0.25) is 0 Å². The van der Waals surface area contributed by atoms with Crippen LogP contribution in [0.15, 0.2) is 24.5 Å². The molecule has 2 aliphatic heterocycles. The lowest BCUT2D eigenvalue weighted by molar-refractivity contribution is -0.136. The van der Waals surface area contributed by atoms with Gasteiger partial charge in [-0.15, -0.1) is 0 Å². The molecule has 0 saturated carbocycles. The number of anilines is 2. The van der Waals surface area contributed by atoms with Crippen LogP contribution in [0, 0.1) is 0 Å². The summed E-state index contributed by atoms with van der Waals surface area (Å²) in [6, 6.07) is 2.89. The maximum absolute atomic E-state index is 13.3. The van der Waals surface area contributed by atoms with E-state index >= 15 is 0 Å². The Hall–Kier alpha value is -2.42. The summed E-state index contributed by atoms with van der Waals surface area (Å²) in [7, 11) is 0. The first-order valence-electron chi connectivity index (χ1n) is 7.47. The van der Waals surface area contributed by atoms with Crippen LogP contribution in [-0.4, -0.2) is 40.2 Å². The predicted molar refractivity (Wildman–Crippen MR) is 80.2 cm³/mol. The fourth-order valence-electron chi connectivity index (χ4n) is 3.27. The van der Waals surface area contributed by atoms with Gasteiger partial charge in [0.05, 0.1) is 24.4 Å². The van der Waals surface area contributed by atoms with Crippen LogP contribution >= 0.6 is 0 Å². The average molecular weight is 337 g/mol. The van der Waals surface area contributed by atoms with Gasteiger partial charge < -0.3 is 15.4 Å². The highest BCUT2D eigenvalue weighted by Gasteiger charge is 2.41. The third-order valence-corrected chi connectivity index (χ3v) is 4.34. The maximum Gasteiger partial charge on any atom is 0.420 e. The smallest absolute Gasteiger partial charge is 0.383 e. The van der Waals surface area contributed by atoms with Crippen LogP contribution in [0.25, 0.3) is 11.3 Å². The number of halogens is 3. The van der Waals surface area contributed by atoms with Gasteiger partial charge in [-0.05, 0) is 18.6 Å². The number of aromatic nitrogens is 3. The molecule has 2 fully saturated rings. The van der Waals surface area contributed by atoms with Gasteiger partial charge in [-0.25, -0.2) is 15.0 Å². The number of morpholine rings is 1. The Morgan fingerprint density at radius 1 is 1.21 bits per heavy atom. The first kappa shape index (κ1) is 15.1. The lowest BCUT2D eigenvalue weighted by atomic mass is 10.1. The number of pyridine rings is 1. The van der Waals surface area contributed by atoms with Crippen LogP contribution < -0.4 is 10.6 Å². The molecule has 2 atom stereocenters. The van der Waals surface area contributed by atoms with E-state index in [4.69, 9.17) is 10.5 Å². The van der Waals surface area contributed by atoms with Crippen molar-refractivity contribution in [1.82, 2.24) is 15.0 Å². The molecule has 0 spiro atoms. The van der Waals surface area contributed by atoms with E-state index in [1.54, 1.807) is 0 Å². The number of hydrogen-bond acceptors (Lipinski definition) is 6. The molecule has 0 aromatic carbocycles. The quantitative estimate of drug-likeness (QED) is 0.904. The minimum Gasteiger partial charge on any atom is -0.383 e. The second-order valence-electron chi connectivity index (χ2n) is 5.86. The second kappa shape index (κ2) is 5.30. The highest BCUT2D eigenvalue weighted by atomic mass is 19.4. The van der Waals surface area contributed by atoms with Crippen molar-refractivity contribution in [2.24, 2.45) is 0 Å². The molecule has 2 aliphatic rings. The van der Waals surface area contributed by atoms with Gasteiger partial charge >= 0.3 is 6.18 Å². The van der Waals surface area contributed by atoms with Crippen LogP contribution in [-0.2, 0) is 10.9 Å². The SMILES string of the molecule is Nc1nccc(-c2ccnc(N3C[C@@H]4C[C@H]3CO4)n2)c1C(F)(F)F. The minimum atomic E-state index is -4.61. The van der Waals surface area contributed by atoms with E-state index in [1.807, 2.05) is 4.90 Å². The molecule has 2 saturated heterocycles. The summed E-state index contributed by atoms with van der Waals surface area (Å²) in [6.45, 7) is 1.24. The van der Waals surface area contributed by atoms with Crippen LogP contribution in [0.5, 0.6) is 0 Å². The summed E-state index contributed by atoms with van der Waals surface area (Å²) in [5, 5.41) is 0. The van der Waals surface area contributed by atoms with Gasteiger partial charge in [0.2, 0.25) is 5.95 Å². The molecule has 0 aliphatic carbocycles. The van der Waals surface area contributed by atoms with E-state index in [1.165, 1.54) is 24.5 Å². The molecule has 2 aromatic heterocycles. The molecule has 2 bridgehead atoms. The molecule has 0 radical (unpaired) electrons. The lowest BCUT2D eigenvalue weighted by Crippen LogP contribution is -2.38. The lowest BCUT2D eigenvalue weighted by Gasteiger charge is -2.27. The summed E-state index contributed by atoms with van der Waals surface area (Å²) in [5.41, 5.74) is 4.56. The summed E-state index contributed by atoms with van der Waals surface area (Å²) in [4.78, 5) is 14.1. The number of nitrogens with zero attached hydrogens (tertiary/aromatic N) is 4. The van der Waals surface area contributed by atoms with Gasteiger partial charge in [-0.1, -0.05) is 0 Å². The molecular formula is C15H14F3N5O. The normalized spacial score (nSPS) is 23.0. The van der Waals surface area contributed by atoms with E-state index in [0.717, 1.165) is 6.42 Å². The van der Waals surface area contributed by atoms with E-state index in [2.05, 4.69) is 15.0 Å². The topological polar surface area (TPSA) is 77.2 Å². The number of nitrogens with two attached hydrogens (primary N) is 1. The Bertz CT molecular complexity index is 782. The predicted octanol–water partition coefficient (Wildman–Crippen LogP) is 2.12. The number of ether oxygens (including phenoxy) is 1. The molecular weight excluding hydrogens is 323 g/mol. The Morgan fingerprint density at radius 3 is 2.67 bits per heavy atom. The van der Waals surface area contributed by atoms with E-state index < -0.39 is 17.6 Å². The van der Waals surface area contributed by atoms with Crippen molar-refractivity contribution in [2.45, 2.75) is 24.7 Å². The van der Waals surface area contributed by atoms with Gasteiger partial charge in [0.15, 0.2) is 0 Å². The van der Waals surface area contributed by atoms with Gasteiger partial charge in [-0.3, -0.25) is 0 Å². The molecule has 2 N–H and O–H groups in total. The molecule has 0 amide bonds. The van der Waals surface area contributed by atoms with Crippen molar-refractivity contribution < 1.29 is 17.9 Å². The van der Waals surface area contributed by atoms with Crippen molar-refractivity contribution in [1.29, 1.82) is 0 Å². The zero-order valence-electron chi connectivity index (χ0n) is 12.5. The summed E-state index contributed by atoms with van der Waals surface area (Å²) >= 11 is 0. The van der Waals surface area contributed by atoms with Crippen molar-refractivity contribution >= 4 is 11.8 Å². The first-order chi connectivity index (χ1) is 11.4. The van der Waals surface area contributed by atoms with Gasteiger partial charge in [-0.2, -0.15) is 13.2 Å². The molecule has 24 heavy (non-hydrogen) atoms. The Balaban J connectivity index is 1.76. The average Bonchev–Trinajstić information content (AvgIpc) is 3.16. The number of rotatable bonds is 2. The first-order valence-corrected chi connectivity index (χ1v) is 7.47. The number of fused-ring (bicyclic) bond motifs is 2. The van der Waals surface area contributed by atoms with E-state index in [-0.39, 0.29) is 23.4 Å². The van der Waals surface area contributed by atoms with Crippen molar-refractivity contribution in [3.8, 4) is 11.3 Å². The molecule has 4 heterocycles. The number of hydrogen-bond donors (Lipinski definition) is 1. The molecule has 0 unspecified atom stereocenters. The van der Waals surface area contributed by atoms with Gasteiger partial charge in [0.1, 0.15) is 11.4 Å². The maximum atomic E-state index is 13.3. The largest absolute Gasteiger partial charge is 0.420 e. The third-order valence-electron chi connectivity index (χ3n) is 4.34. The van der Waals surface area contributed by atoms with Gasteiger partial charge in [0, 0.05) is 24.5 Å². The minimum absolute atomic E-state index is 0.0979. The summed E-state index contributed by atoms with van der Waals surface area (Å²) in [6.07, 6.45) is -0.873. The van der Waals surface area contributed by atoms with Crippen LogP contribution in [0.4, 0.5) is 24.9 Å². The third kappa shape index (κ3) is 2.44. The van der Waals surface area contributed by atoms with Crippen molar-refractivity contribution in [3.63, 3.8) is 0 Å². The van der Waals surface area contributed by atoms with E-state index in [9.17, 15) is 13.2 Å². The van der Waals surface area contributed by atoms with E-state index in [0.29, 0.717) is 19.1 Å². The molecule has 2 aromatic rings. The molecule has 9 heteroatoms. The van der Waals surface area contributed by atoms with Crippen molar-refractivity contribution in [3.05, 3.63) is 30.1 Å². The monoisotopic (exact) mass is 337 g/mol. The summed E-state index contributed by atoms with van der Waals surface area (Å²) in [5.74, 6) is -0.152. The Morgan fingerprint density at radius 2 is 2.00 bits per heavy atom. The number of nitrogen functional groups attached to an aromatic ring is 1. The highest BCUT2D eigenvalue weighted by Crippen LogP contribution is 2.39. The Kier molecular flexibility index (Phi) is 3.34. The second-order valence-corrected chi connectivity index (χ2v) is 5.86. The van der Waals surface area contributed by atoms with Crippen LogP contribution in [0.3, 0.4) is 0 Å². The van der Waals surface area contributed by atoms with Gasteiger partial charge in [0.25, 0.3) is 0 Å². The zero-order chi connectivity index (χ0) is 16.9.